The number of fused-ring (bicyclic) bond motifs is 2. The summed E-state index contributed by atoms with van der Waals surface area (Å²) in [5.74, 6) is 2.64. The fraction of sp³-hybridized carbons (Fsp3) is 0.846. The highest BCUT2D eigenvalue weighted by Gasteiger charge is 2.44. The van der Waals surface area contributed by atoms with Crippen molar-refractivity contribution in [1.29, 1.82) is 0 Å². The van der Waals surface area contributed by atoms with Crippen molar-refractivity contribution < 1.29 is 5.11 Å². The van der Waals surface area contributed by atoms with Crippen LogP contribution in [0.3, 0.4) is 0 Å². The molecule has 0 saturated heterocycles. The van der Waals surface area contributed by atoms with E-state index in [2.05, 4.69) is 30.9 Å². The van der Waals surface area contributed by atoms with Gasteiger partial charge >= 0.3 is 0 Å². The topological polar surface area (TPSA) is 23.5 Å². The lowest BCUT2D eigenvalue weighted by Gasteiger charge is -2.31. The first-order valence-electron chi connectivity index (χ1n) is 6.31. The third-order valence-corrected chi connectivity index (χ3v) is 4.37. The van der Waals surface area contributed by atoms with E-state index in [0.717, 1.165) is 19.0 Å². The van der Waals surface area contributed by atoms with E-state index in [9.17, 15) is 5.11 Å². The van der Waals surface area contributed by atoms with Crippen LogP contribution in [-0.2, 0) is 0 Å². The number of hydrogen-bond donors (Lipinski definition) is 1. The predicted molar refractivity (Wildman–Crippen MR) is 62.6 cm³/mol. The van der Waals surface area contributed by atoms with Gasteiger partial charge in [-0.1, -0.05) is 26.0 Å². The standard InChI is InChI=1S/C13H23NO/c1-3-14(4-2)8-12-10-5-6-11(7-10)13(12)9-15/h5-6,10-13,15H,3-4,7-9H2,1-2H3/t10-,11+,12-,13+/m0/s1. The summed E-state index contributed by atoms with van der Waals surface area (Å²) in [5, 5.41) is 9.46. The molecule has 0 unspecified atom stereocenters. The maximum absolute atomic E-state index is 9.46. The molecule has 0 aliphatic heterocycles. The van der Waals surface area contributed by atoms with Gasteiger partial charge in [0.05, 0.1) is 0 Å². The Morgan fingerprint density at radius 1 is 1.13 bits per heavy atom. The molecular weight excluding hydrogens is 186 g/mol. The van der Waals surface area contributed by atoms with Crippen LogP contribution in [0.2, 0.25) is 0 Å². The Morgan fingerprint density at radius 3 is 2.27 bits per heavy atom. The lowest BCUT2D eigenvalue weighted by molar-refractivity contribution is 0.130. The summed E-state index contributed by atoms with van der Waals surface area (Å²) in [6.45, 7) is 8.25. The summed E-state index contributed by atoms with van der Waals surface area (Å²) in [5.41, 5.74) is 0. The second-order valence-electron chi connectivity index (χ2n) is 4.94. The number of allylic oxidation sites excluding steroid dienone is 2. The van der Waals surface area contributed by atoms with Crippen LogP contribution in [0.15, 0.2) is 12.2 Å². The van der Waals surface area contributed by atoms with Gasteiger partial charge in [0.1, 0.15) is 0 Å². The average Bonchev–Trinajstić information content (AvgIpc) is 2.85. The lowest BCUT2D eigenvalue weighted by atomic mass is 9.83. The van der Waals surface area contributed by atoms with Gasteiger partial charge in [-0.25, -0.2) is 0 Å². The zero-order valence-electron chi connectivity index (χ0n) is 9.89. The first-order chi connectivity index (χ1) is 7.30. The summed E-state index contributed by atoms with van der Waals surface area (Å²) >= 11 is 0. The van der Waals surface area contributed by atoms with E-state index in [-0.39, 0.29) is 0 Å². The fourth-order valence-corrected chi connectivity index (χ4v) is 3.35. The molecule has 0 aromatic heterocycles. The molecule has 0 spiro atoms. The molecule has 2 bridgehead atoms. The highest BCUT2D eigenvalue weighted by atomic mass is 16.3. The number of aliphatic hydroxyl groups is 1. The normalized spacial score (nSPS) is 38.1. The largest absolute Gasteiger partial charge is 0.396 e. The van der Waals surface area contributed by atoms with E-state index in [1.54, 1.807) is 0 Å². The van der Waals surface area contributed by atoms with Crippen LogP contribution in [0.1, 0.15) is 20.3 Å². The van der Waals surface area contributed by atoms with Crippen LogP contribution in [0.5, 0.6) is 0 Å². The summed E-state index contributed by atoms with van der Waals surface area (Å²) in [6, 6.07) is 0. The Balaban J connectivity index is 1.99. The van der Waals surface area contributed by atoms with Gasteiger partial charge in [-0.2, -0.15) is 0 Å². The van der Waals surface area contributed by atoms with Crippen LogP contribution in [0.4, 0.5) is 0 Å². The van der Waals surface area contributed by atoms with Gasteiger partial charge in [0.15, 0.2) is 0 Å². The number of nitrogens with zero attached hydrogens (tertiary/aromatic N) is 1. The highest BCUT2D eigenvalue weighted by Crippen LogP contribution is 2.47. The van der Waals surface area contributed by atoms with Gasteiger partial charge in [-0.05, 0) is 43.2 Å². The fourth-order valence-electron chi connectivity index (χ4n) is 3.35. The quantitative estimate of drug-likeness (QED) is 0.697. The van der Waals surface area contributed by atoms with E-state index in [1.165, 1.54) is 13.0 Å². The van der Waals surface area contributed by atoms with Crippen molar-refractivity contribution in [2.45, 2.75) is 20.3 Å². The van der Waals surface area contributed by atoms with Crippen molar-refractivity contribution in [3.63, 3.8) is 0 Å². The molecule has 1 N–H and O–H groups in total. The van der Waals surface area contributed by atoms with Crippen LogP contribution >= 0.6 is 0 Å². The van der Waals surface area contributed by atoms with Crippen LogP contribution in [0.25, 0.3) is 0 Å². The minimum atomic E-state index is 0.372. The van der Waals surface area contributed by atoms with Crippen LogP contribution in [0, 0.1) is 23.7 Å². The van der Waals surface area contributed by atoms with Crippen LogP contribution in [-0.4, -0.2) is 36.2 Å². The molecular formula is C13H23NO. The average molecular weight is 209 g/mol. The molecule has 4 atom stereocenters. The third kappa shape index (κ3) is 1.98. The molecule has 0 aromatic rings. The van der Waals surface area contributed by atoms with Gasteiger partial charge in [-0.15, -0.1) is 0 Å². The monoisotopic (exact) mass is 209 g/mol. The molecule has 86 valence electrons. The number of rotatable bonds is 5. The van der Waals surface area contributed by atoms with Gasteiger partial charge < -0.3 is 10.0 Å². The van der Waals surface area contributed by atoms with Crippen LogP contribution < -0.4 is 0 Å². The molecule has 0 radical (unpaired) electrons. The Labute approximate surface area is 93.0 Å². The zero-order chi connectivity index (χ0) is 10.8. The predicted octanol–water partition coefficient (Wildman–Crippen LogP) is 1.76. The van der Waals surface area contributed by atoms with Gasteiger partial charge in [0.25, 0.3) is 0 Å². The molecule has 0 heterocycles. The SMILES string of the molecule is CCN(CC)C[C@@H]1[C@H](CO)[C@@H]2C=C[C@H]1C2. The summed E-state index contributed by atoms with van der Waals surface area (Å²) in [6.07, 6.45) is 5.99. The van der Waals surface area contributed by atoms with Crippen molar-refractivity contribution in [3.05, 3.63) is 12.2 Å². The van der Waals surface area contributed by atoms with E-state index in [4.69, 9.17) is 0 Å². The van der Waals surface area contributed by atoms with Gasteiger partial charge in [-0.3, -0.25) is 0 Å². The molecule has 1 saturated carbocycles. The first-order valence-corrected chi connectivity index (χ1v) is 6.31. The second kappa shape index (κ2) is 4.67. The summed E-state index contributed by atoms with van der Waals surface area (Å²) in [4.78, 5) is 2.49. The van der Waals surface area contributed by atoms with Crippen molar-refractivity contribution >= 4 is 0 Å². The van der Waals surface area contributed by atoms with Crippen molar-refractivity contribution in [1.82, 2.24) is 4.90 Å². The molecule has 0 amide bonds. The lowest BCUT2D eigenvalue weighted by Crippen LogP contribution is -2.35. The third-order valence-electron chi connectivity index (χ3n) is 4.37. The molecule has 0 aromatic carbocycles. The molecule has 1 fully saturated rings. The molecule has 15 heavy (non-hydrogen) atoms. The Kier molecular flexibility index (Phi) is 3.47. The van der Waals surface area contributed by atoms with Crippen molar-refractivity contribution in [3.8, 4) is 0 Å². The molecule has 2 aliphatic rings. The smallest absolute Gasteiger partial charge is 0.0468 e. The Bertz CT molecular complexity index is 235. The minimum Gasteiger partial charge on any atom is -0.396 e. The minimum absolute atomic E-state index is 0.372. The summed E-state index contributed by atoms with van der Waals surface area (Å²) < 4.78 is 0. The maximum Gasteiger partial charge on any atom is 0.0468 e. The molecule has 2 rings (SSSR count). The van der Waals surface area contributed by atoms with E-state index < -0.39 is 0 Å². The highest BCUT2D eigenvalue weighted by molar-refractivity contribution is 5.13. The molecule has 2 heteroatoms. The van der Waals surface area contributed by atoms with Gasteiger partial charge in [0, 0.05) is 13.2 Å². The number of aliphatic hydroxyl groups excluding tert-OH is 1. The van der Waals surface area contributed by atoms with E-state index in [0.29, 0.717) is 24.4 Å². The summed E-state index contributed by atoms with van der Waals surface area (Å²) in [7, 11) is 0. The molecule has 2 nitrogen and oxygen atoms in total. The maximum atomic E-state index is 9.46. The van der Waals surface area contributed by atoms with E-state index in [1.807, 2.05) is 0 Å². The van der Waals surface area contributed by atoms with E-state index >= 15 is 0 Å². The van der Waals surface area contributed by atoms with Crippen molar-refractivity contribution in [2.75, 3.05) is 26.2 Å². The Hall–Kier alpha value is -0.340. The molecule has 2 aliphatic carbocycles. The first kappa shape index (κ1) is 11.2. The second-order valence-corrected chi connectivity index (χ2v) is 4.94. The zero-order valence-corrected chi connectivity index (χ0v) is 9.89. The van der Waals surface area contributed by atoms with Crippen molar-refractivity contribution in [2.24, 2.45) is 23.7 Å². The number of hydrogen-bond acceptors (Lipinski definition) is 2. The Morgan fingerprint density at radius 2 is 1.73 bits per heavy atom. The van der Waals surface area contributed by atoms with Gasteiger partial charge in [0.2, 0.25) is 0 Å².